The first-order valence-electron chi connectivity index (χ1n) is 4.26. The Hall–Kier alpha value is -2.60. The molecule has 0 spiro atoms. The third kappa shape index (κ3) is 2.07. The molecule has 0 radical (unpaired) electrons. The van der Waals surface area contributed by atoms with Gasteiger partial charge in [0.2, 0.25) is 0 Å². The molecule has 0 aliphatic carbocycles. The van der Waals surface area contributed by atoms with Gasteiger partial charge < -0.3 is 4.74 Å². The molecule has 1 aromatic rings. The Morgan fingerprint density at radius 1 is 1.50 bits per heavy atom. The molecule has 0 bridgehead atoms. The van der Waals surface area contributed by atoms with Crippen LogP contribution in [0.5, 0.6) is 5.75 Å². The summed E-state index contributed by atoms with van der Waals surface area (Å²) in [6.45, 7) is 0. The van der Waals surface area contributed by atoms with E-state index in [1.54, 1.807) is 6.07 Å². The molecule has 0 aliphatic heterocycles. The van der Waals surface area contributed by atoms with E-state index in [1.807, 2.05) is 6.07 Å². The first-order chi connectivity index (χ1) is 7.63. The maximum atomic E-state index is 10.7. The van der Waals surface area contributed by atoms with Crippen molar-refractivity contribution in [3.8, 4) is 17.9 Å². The number of nitriles is 2. The van der Waals surface area contributed by atoms with Gasteiger partial charge >= 0.3 is 5.69 Å². The molecule has 0 fully saturated rings. The number of ether oxygens (including phenoxy) is 1. The number of nitro benzene ring substituents is 1. The molecule has 0 aromatic heterocycles. The lowest BCUT2D eigenvalue weighted by Crippen LogP contribution is -1.98. The highest BCUT2D eigenvalue weighted by molar-refractivity contribution is 5.60. The highest BCUT2D eigenvalue weighted by Gasteiger charge is 2.21. The largest absolute Gasteiger partial charge is 0.490 e. The van der Waals surface area contributed by atoms with Gasteiger partial charge in [0.05, 0.1) is 24.5 Å². The standard InChI is InChI=1S/C10H7N3O3/c1-16-9-5-7(2-3-11)4-8(6-12)10(9)13(14)15/h4-5H,2H2,1H3. The highest BCUT2D eigenvalue weighted by atomic mass is 16.6. The normalized spacial score (nSPS) is 8.94. The van der Waals surface area contributed by atoms with E-state index in [-0.39, 0.29) is 23.4 Å². The molecule has 80 valence electrons. The number of benzene rings is 1. The van der Waals surface area contributed by atoms with E-state index in [2.05, 4.69) is 0 Å². The number of rotatable bonds is 3. The molecule has 6 nitrogen and oxygen atoms in total. The van der Waals surface area contributed by atoms with Gasteiger partial charge in [0, 0.05) is 0 Å². The molecule has 1 aromatic carbocycles. The molecule has 0 amide bonds. The van der Waals surface area contributed by atoms with Gasteiger partial charge in [0.1, 0.15) is 11.6 Å². The number of hydrogen-bond donors (Lipinski definition) is 0. The van der Waals surface area contributed by atoms with Crippen LogP contribution < -0.4 is 4.74 Å². The second-order valence-electron chi connectivity index (χ2n) is 2.90. The molecule has 6 heteroatoms. The fourth-order valence-electron chi connectivity index (χ4n) is 1.29. The van der Waals surface area contributed by atoms with Gasteiger partial charge in [-0.3, -0.25) is 10.1 Å². The van der Waals surface area contributed by atoms with Crippen LogP contribution in [0, 0.1) is 32.8 Å². The van der Waals surface area contributed by atoms with Crippen LogP contribution in [-0.4, -0.2) is 12.0 Å². The molecule has 0 unspecified atom stereocenters. The van der Waals surface area contributed by atoms with Crippen LogP contribution in [0.2, 0.25) is 0 Å². The molecule has 0 aliphatic rings. The van der Waals surface area contributed by atoms with Gasteiger partial charge in [-0.05, 0) is 17.7 Å². The molecule has 0 atom stereocenters. The van der Waals surface area contributed by atoms with Gasteiger partial charge in [-0.25, -0.2) is 0 Å². The first-order valence-corrected chi connectivity index (χ1v) is 4.26. The predicted octanol–water partition coefficient (Wildman–Crippen LogP) is 1.54. The van der Waals surface area contributed by atoms with Crippen LogP contribution in [0.25, 0.3) is 0 Å². The Kier molecular flexibility index (Phi) is 3.41. The van der Waals surface area contributed by atoms with E-state index >= 15 is 0 Å². The molecular weight excluding hydrogens is 210 g/mol. The Morgan fingerprint density at radius 2 is 2.19 bits per heavy atom. The minimum atomic E-state index is -0.673. The lowest BCUT2D eigenvalue weighted by molar-refractivity contribution is -0.386. The number of methoxy groups -OCH3 is 1. The van der Waals surface area contributed by atoms with Crippen LogP contribution >= 0.6 is 0 Å². The number of hydrogen-bond acceptors (Lipinski definition) is 5. The van der Waals surface area contributed by atoms with E-state index < -0.39 is 4.92 Å². The predicted molar refractivity (Wildman–Crippen MR) is 53.7 cm³/mol. The summed E-state index contributed by atoms with van der Waals surface area (Å²) in [6, 6.07) is 6.33. The summed E-state index contributed by atoms with van der Waals surface area (Å²) in [5.41, 5.74) is 0.0442. The Morgan fingerprint density at radius 3 is 2.62 bits per heavy atom. The van der Waals surface area contributed by atoms with Crippen LogP contribution in [0.4, 0.5) is 5.69 Å². The van der Waals surface area contributed by atoms with Crippen molar-refractivity contribution in [3.05, 3.63) is 33.4 Å². The van der Waals surface area contributed by atoms with Crippen LogP contribution in [0.15, 0.2) is 12.1 Å². The molecule has 1 rings (SSSR count). The zero-order valence-corrected chi connectivity index (χ0v) is 8.43. The van der Waals surface area contributed by atoms with Crippen molar-refractivity contribution < 1.29 is 9.66 Å². The SMILES string of the molecule is COc1cc(CC#N)cc(C#N)c1[N+](=O)[O-]. The summed E-state index contributed by atoms with van der Waals surface area (Å²) in [7, 11) is 1.28. The third-order valence-electron chi connectivity index (χ3n) is 1.94. The van der Waals surface area contributed by atoms with E-state index in [0.29, 0.717) is 5.56 Å². The van der Waals surface area contributed by atoms with E-state index in [4.69, 9.17) is 15.3 Å². The third-order valence-corrected chi connectivity index (χ3v) is 1.94. The lowest BCUT2D eigenvalue weighted by atomic mass is 10.1. The molecule has 0 saturated carbocycles. The first kappa shape index (κ1) is 11.5. The smallest absolute Gasteiger partial charge is 0.328 e. The molecule has 16 heavy (non-hydrogen) atoms. The van der Waals surface area contributed by atoms with Crippen molar-refractivity contribution in [2.24, 2.45) is 0 Å². The van der Waals surface area contributed by atoms with Gasteiger partial charge in [0.25, 0.3) is 0 Å². The van der Waals surface area contributed by atoms with E-state index in [0.717, 1.165) is 0 Å². The maximum absolute atomic E-state index is 10.7. The zero-order chi connectivity index (χ0) is 12.1. The summed E-state index contributed by atoms with van der Waals surface area (Å²) in [4.78, 5) is 10.1. The quantitative estimate of drug-likeness (QED) is 0.564. The second kappa shape index (κ2) is 4.76. The average Bonchev–Trinajstić information content (AvgIpc) is 2.27. The fourth-order valence-corrected chi connectivity index (χ4v) is 1.29. The van der Waals surface area contributed by atoms with Crippen molar-refractivity contribution >= 4 is 5.69 Å². The molecule has 0 N–H and O–H groups in total. The summed E-state index contributed by atoms with van der Waals surface area (Å²) in [6.07, 6.45) is 0.0725. The van der Waals surface area contributed by atoms with Gasteiger partial charge in [-0.15, -0.1) is 0 Å². The second-order valence-corrected chi connectivity index (χ2v) is 2.90. The molecule has 0 heterocycles. The Bertz CT molecular complexity index is 511. The fraction of sp³-hybridized carbons (Fsp3) is 0.200. The lowest BCUT2D eigenvalue weighted by Gasteiger charge is -2.04. The summed E-state index contributed by atoms with van der Waals surface area (Å²) in [5, 5.41) is 28.0. The van der Waals surface area contributed by atoms with Crippen molar-refractivity contribution in [2.45, 2.75) is 6.42 Å². The minimum Gasteiger partial charge on any atom is -0.490 e. The summed E-state index contributed by atoms with van der Waals surface area (Å²) in [5.74, 6) is -0.00528. The summed E-state index contributed by atoms with van der Waals surface area (Å²) < 4.78 is 4.83. The topological polar surface area (TPSA) is 99.9 Å². The molecular formula is C10H7N3O3. The minimum absolute atomic E-state index is 0.00528. The van der Waals surface area contributed by atoms with Crippen molar-refractivity contribution in [2.75, 3.05) is 7.11 Å². The average molecular weight is 217 g/mol. The van der Waals surface area contributed by atoms with Crippen LogP contribution in [-0.2, 0) is 6.42 Å². The van der Waals surface area contributed by atoms with Crippen molar-refractivity contribution in [1.29, 1.82) is 10.5 Å². The van der Waals surface area contributed by atoms with Gasteiger partial charge in [-0.2, -0.15) is 10.5 Å². The van der Waals surface area contributed by atoms with Crippen molar-refractivity contribution in [3.63, 3.8) is 0 Å². The Labute approximate surface area is 91.4 Å². The van der Waals surface area contributed by atoms with Crippen LogP contribution in [0.1, 0.15) is 11.1 Å². The zero-order valence-electron chi connectivity index (χ0n) is 8.43. The molecule has 0 saturated heterocycles. The van der Waals surface area contributed by atoms with Gasteiger partial charge in [-0.1, -0.05) is 0 Å². The monoisotopic (exact) mass is 217 g/mol. The highest BCUT2D eigenvalue weighted by Crippen LogP contribution is 2.31. The van der Waals surface area contributed by atoms with Crippen LogP contribution in [0.3, 0.4) is 0 Å². The summed E-state index contributed by atoms with van der Waals surface area (Å²) >= 11 is 0. The van der Waals surface area contributed by atoms with E-state index in [9.17, 15) is 10.1 Å². The Balaban J connectivity index is 3.45. The number of nitro groups is 1. The van der Waals surface area contributed by atoms with Gasteiger partial charge in [0.15, 0.2) is 5.75 Å². The van der Waals surface area contributed by atoms with E-state index in [1.165, 1.54) is 19.2 Å². The number of nitrogens with zero attached hydrogens (tertiary/aromatic N) is 3. The maximum Gasteiger partial charge on any atom is 0.328 e. The van der Waals surface area contributed by atoms with Crippen molar-refractivity contribution in [1.82, 2.24) is 0 Å².